The lowest BCUT2D eigenvalue weighted by Gasteiger charge is -2.33. The van der Waals surface area contributed by atoms with Gasteiger partial charge in [-0.05, 0) is 30.7 Å². The number of benzene rings is 2. The van der Waals surface area contributed by atoms with Gasteiger partial charge in [-0.25, -0.2) is 4.98 Å². The van der Waals surface area contributed by atoms with Crippen molar-refractivity contribution in [3.05, 3.63) is 66.4 Å². The summed E-state index contributed by atoms with van der Waals surface area (Å²) in [4.78, 5) is 15.9. The van der Waals surface area contributed by atoms with Gasteiger partial charge in [0, 0.05) is 54.9 Å². The molecule has 144 valence electrons. The largest absolute Gasteiger partial charge is 0.377 e. The first-order chi connectivity index (χ1) is 13.6. The van der Waals surface area contributed by atoms with Crippen LogP contribution in [0.25, 0.3) is 0 Å². The predicted molar refractivity (Wildman–Crippen MR) is 118 cm³/mol. The summed E-state index contributed by atoms with van der Waals surface area (Å²) in [7, 11) is 6.04. The Balaban J connectivity index is 1.62. The zero-order valence-electron chi connectivity index (χ0n) is 16.5. The summed E-state index contributed by atoms with van der Waals surface area (Å²) < 4.78 is 0. The second-order valence-electron chi connectivity index (χ2n) is 7.16. The molecule has 0 saturated heterocycles. The highest BCUT2D eigenvalue weighted by Gasteiger charge is 2.26. The van der Waals surface area contributed by atoms with Crippen LogP contribution in [0.2, 0.25) is 0 Å². The highest BCUT2D eigenvalue weighted by molar-refractivity contribution is 7.99. The van der Waals surface area contributed by atoms with E-state index in [0.29, 0.717) is 0 Å². The van der Waals surface area contributed by atoms with Gasteiger partial charge in [0.15, 0.2) is 0 Å². The highest BCUT2D eigenvalue weighted by atomic mass is 32.2. The summed E-state index contributed by atoms with van der Waals surface area (Å²) in [6, 6.07) is 19.2. The third-order valence-corrected chi connectivity index (χ3v) is 5.94. The maximum atomic E-state index is 4.77. The number of hydrogen-bond donors (Lipinski definition) is 1. The van der Waals surface area contributed by atoms with Gasteiger partial charge >= 0.3 is 0 Å². The SMILES string of the molecule is CN(C)c1ncc2c(n1)N(C)CCC2Nc1ccccc1Sc1ccccc1. The number of rotatable bonds is 5. The maximum Gasteiger partial charge on any atom is 0.226 e. The Morgan fingerprint density at radius 3 is 2.61 bits per heavy atom. The molecule has 0 radical (unpaired) electrons. The Morgan fingerprint density at radius 1 is 1.07 bits per heavy atom. The summed E-state index contributed by atoms with van der Waals surface area (Å²) in [5.41, 5.74) is 2.30. The molecule has 1 aliphatic heterocycles. The number of fused-ring (bicyclic) bond motifs is 1. The van der Waals surface area contributed by atoms with Crippen molar-refractivity contribution in [3.8, 4) is 0 Å². The number of nitrogens with zero attached hydrogens (tertiary/aromatic N) is 4. The fraction of sp³-hybridized carbons (Fsp3) is 0.273. The number of anilines is 3. The van der Waals surface area contributed by atoms with E-state index in [1.54, 1.807) is 11.8 Å². The first kappa shape index (κ1) is 18.6. The van der Waals surface area contributed by atoms with Gasteiger partial charge in [0.1, 0.15) is 5.82 Å². The molecule has 0 fully saturated rings. The van der Waals surface area contributed by atoms with Crippen LogP contribution in [0, 0.1) is 0 Å². The molecule has 0 amide bonds. The number of nitrogens with one attached hydrogen (secondary N) is 1. The minimum absolute atomic E-state index is 0.194. The molecule has 2 aromatic carbocycles. The zero-order valence-corrected chi connectivity index (χ0v) is 17.3. The van der Waals surface area contributed by atoms with E-state index in [9.17, 15) is 0 Å². The van der Waals surface area contributed by atoms with Crippen LogP contribution < -0.4 is 15.1 Å². The Labute approximate surface area is 170 Å². The summed E-state index contributed by atoms with van der Waals surface area (Å²) in [6.07, 6.45) is 2.98. The van der Waals surface area contributed by atoms with Gasteiger partial charge < -0.3 is 15.1 Å². The van der Waals surface area contributed by atoms with Gasteiger partial charge in [-0.2, -0.15) is 4.98 Å². The number of hydrogen-bond acceptors (Lipinski definition) is 6. The molecule has 28 heavy (non-hydrogen) atoms. The fourth-order valence-corrected chi connectivity index (χ4v) is 4.28. The van der Waals surface area contributed by atoms with Gasteiger partial charge in [-0.1, -0.05) is 42.1 Å². The quantitative estimate of drug-likeness (QED) is 0.681. The number of aromatic nitrogens is 2. The molecule has 5 nitrogen and oxygen atoms in total. The third kappa shape index (κ3) is 3.92. The third-order valence-electron chi connectivity index (χ3n) is 4.86. The minimum atomic E-state index is 0.194. The molecule has 0 spiro atoms. The summed E-state index contributed by atoms with van der Waals surface area (Å²) in [5.74, 6) is 1.75. The lowest BCUT2D eigenvalue weighted by molar-refractivity contribution is 0.633. The van der Waals surface area contributed by atoms with Crippen molar-refractivity contribution < 1.29 is 0 Å². The molecule has 3 aromatic rings. The molecule has 0 aliphatic carbocycles. The number of para-hydroxylation sites is 1. The van der Waals surface area contributed by atoms with E-state index in [2.05, 4.69) is 70.8 Å². The molecular weight excluding hydrogens is 366 g/mol. The van der Waals surface area contributed by atoms with Gasteiger partial charge in [0.2, 0.25) is 5.95 Å². The van der Waals surface area contributed by atoms with Crippen LogP contribution in [-0.2, 0) is 0 Å². The van der Waals surface area contributed by atoms with Gasteiger partial charge in [0.05, 0.1) is 6.04 Å². The molecule has 2 heterocycles. The van der Waals surface area contributed by atoms with Crippen molar-refractivity contribution in [3.63, 3.8) is 0 Å². The molecule has 1 unspecified atom stereocenters. The lowest BCUT2D eigenvalue weighted by Crippen LogP contribution is -2.32. The van der Waals surface area contributed by atoms with E-state index >= 15 is 0 Å². The van der Waals surface area contributed by atoms with Crippen molar-refractivity contribution in [2.45, 2.75) is 22.3 Å². The Hall–Kier alpha value is -2.73. The van der Waals surface area contributed by atoms with Crippen LogP contribution in [-0.4, -0.2) is 37.7 Å². The van der Waals surface area contributed by atoms with Gasteiger partial charge in [-0.3, -0.25) is 0 Å². The molecule has 0 saturated carbocycles. The lowest BCUT2D eigenvalue weighted by atomic mass is 10.0. The smallest absolute Gasteiger partial charge is 0.226 e. The standard InChI is InChI=1S/C22H25N5S/c1-26(2)22-23-15-17-18(13-14-27(3)21(17)25-22)24-19-11-7-8-12-20(19)28-16-9-5-4-6-10-16/h4-12,15,18,24H,13-14H2,1-3H3. The predicted octanol–water partition coefficient (Wildman–Crippen LogP) is 4.69. The van der Waals surface area contributed by atoms with Crippen LogP contribution in [0.15, 0.2) is 70.6 Å². The van der Waals surface area contributed by atoms with Crippen LogP contribution in [0.4, 0.5) is 17.5 Å². The normalized spacial score (nSPS) is 15.8. The molecular formula is C22H25N5S. The first-order valence-corrected chi connectivity index (χ1v) is 10.3. The average molecular weight is 392 g/mol. The Morgan fingerprint density at radius 2 is 1.82 bits per heavy atom. The summed E-state index contributed by atoms with van der Waals surface area (Å²) >= 11 is 1.78. The molecule has 1 aliphatic rings. The van der Waals surface area contributed by atoms with Crippen molar-refractivity contribution in [1.82, 2.24) is 9.97 Å². The van der Waals surface area contributed by atoms with Gasteiger partial charge in [-0.15, -0.1) is 0 Å². The summed E-state index contributed by atoms with van der Waals surface area (Å²) in [5, 5.41) is 3.75. The fourth-order valence-electron chi connectivity index (χ4n) is 3.35. The molecule has 1 N–H and O–H groups in total. The molecule has 0 bridgehead atoms. The Bertz CT molecular complexity index is 945. The van der Waals surface area contributed by atoms with E-state index in [1.807, 2.05) is 31.3 Å². The van der Waals surface area contributed by atoms with E-state index in [-0.39, 0.29) is 6.04 Å². The minimum Gasteiger partial charge on any atom is -0.377 e. The molecule has 4 rings (SSSR count). The van der Waals surface area contributed by atoms with E-state index in [1.165, 1.54) is 9.79 Å². The second-order valence-corrected chi connectivity index (χ2v) is 8.28. The summed E-state index contributed by atoms with van der Waals surface area (Å²) in [6.45, 7) is 0.961. The van der Waals surface area contributed by atoms with Crippen LogP contribution in [0.1, 0.15) is 18.0 Å². The second kappa shape index (κ2) is 8.10. The first-order valence-electron chi connectivity index (χ1n) is 9.45. The van der Waals surface area contributed by atoms with E-state index in [0.717, 1.165) is 36.0 Å². The van der Waals surface area contributed by atoms with Crippen molar-refractivity contribution in [2.75, 3.05) is 42.8 Å². The molecule has 1 aromatic heterocycles. The average Bonchev–Trinajstić information content (AvgIpc) is 2.72. The van der Waals surface area contributed by atoms with Gasteiger partial charge in [0.25, 0.3) is 0 Å². The zero-order chi connectivity index (χ0) is 19.5. The Kier molecular flexibility index (Phi) is 5.39. The maximum absolute atomic E-state index is 4.77. The van der Waals surface area contributed by atoms with Crippen molar-refractivity contribution in [1.29, 1.82) is 0 Å². The van der Waals surface area contributed by atoms with Crippen LogP contribution in [0.3, 0.4) is 0 Å². The monoisotopic (exact) mass is 391 g/mol. The highest BCUT2D eigenvalue weighted by Crippen LogP contribution is 2.38. The van der Waals surface area contributed by atoms with E-state index in [4.69, 9.17) is 4.98 Å². The topological polar surface area (TPSA) is 44.3 Å². The van der Waals surface area contributed by atoms with Crippen molar-refractivity contribution in [2.24, 2.45) is 0 Å². The van der Waals surface area contributed by atoms with Crippen LogP contribution in [0.5, 0.6) is 0 Å². The van der Waals surface area contributed by atoms with Crippen LogP contribution >= 0.6 is 11.8 Å². The molecule has 1 atom stereocenters. The molecule has 6 heteroatoms. The van der Waals surface area contributed by atoms with E-state index < -0.39 is 0 Å². The van der Waals surface area contributed by atoms with Crippen molar-refractivity contribution >= 4 is 29.2 Å².